The number of guanidine groups is 1. The number of piperazine rings is 1. The quantitative estimate of drug-likeness (QED) is 0.510. The van der Waals surface area contributed by atoms with Gasteiger partial charge in [-0.05, 0) is 44.5 Å². The minimum absolute atomic E-state index is 0.392. The fourth-order valence-electron chi connectivity index (χ4n) is 4.39. The second-order valence-electron chi connectivity index (χ2n) is 8.93. The largest absolute Gasteiger partial charge is 0.369 e. The van der Waals surface area contributed by atoms with E-state index in [0.717, 1.165) is 69.8 Å². The summed E-state index contributed by atoms with van der Waals surface area (Å²) in [6, 6.07) is 9.01. The molecule has 0 aromatic heterocycles. The summed E-state index contributed by atoms with van der Waals surface area (Å²) < 4.78 is 0. The Hall–Kier alpha value is -1.50. The number of halogens is 1. The van der Waals surface area contributed by atoms with Gasteiger partial charge in [-0.3, -0.25) is 9.89 Å². The third kappa shape index (κ3) is 6.50. The summed E-state index contributed by atoms with van der Waals surface area (Å²) in [5.41, 5.74) is 1.20. The van der Waals surface area contributed by atoms with E-state index >= 15 is 0 Å². The van der Waals surface area contributed by atoms with Gasteiger partial charge in [0.15, 0.2) is 5.96 Å². The smallest absolute Gasteiger partial charge is 0.191 e. The van der Waals surface area contributed by atoms with Crippen LogP contribution >= 0.6 is 11.6 Å². The molecule has 0 aliphatic carbocycles. The van der Waals surface area contributed by atoms with E-state index in [-0.39, 0.29) is 0 Å². The van der Waals surface area contributed by atoms with E-state index in [1.807, 2.05) is 18.2 Å². The molecule has 0 amide bonds. The van der Waals surface area contributed by atoms with Gasteiger partial charge in [-0.15, -0.1) is 0 Å². The van der Waals surface area contributed by atoms with Gasteiger partial charge in [-0.2, -0.15) is 0 Å². The van der Waals surface area contributed by atoms with Crippen LogP contribution in [0.2, 0.25) is 5.02 Å². The fourth-order valence-corrected chi connectivity index (χ4v) is 4.57. The highest BCUT2D eigenvalue weighted by molar-refractivity contribution is 6.30. The Labute approximate surface area is 187 Å². The molecule has 1 aromatic carbocycles. The van der Waals surface area contributed by atoms with Gasteiger partial charge in [-0.1, -0.05) is 31.5 Å². The van der Waals surface area contributed by atoms with E-state index in [1.54, 1.807) is 0 Å². The van der Waals surface area contributed by atoms with E-state index in [0.29, 0.717) is 18.0 Å². The highest BCUT2D eigenvalue weighted by Crippen LogP contribution is 2.23. The summed E-state index contributed by atoms with van der Waals surface area (Å²) >= 11 is 6.18. The first kappa shape index (κ1) is 23.2. The third-order valence-electron chi connectivity index (χ3n) is 6.26. The van der Waals surface area contributed by atoms with Gasteiger partial charge < -0.3 is 20.4 Å². The van der Waals surface area contributed by atoms with Crippen LogP contribution in [0.15, 0.2) is 29.3 Å². The van der Waals surface area contributed by atoms with Crippen molar-refractivity contribution in [2.45, 2.75) is 39.3 Å². The van der Waals surface area contributed by atoms with Crippen LogP contribution in [0.25, 0.3) is 0 Å². The molecule has 2 aliphatic heterocycles. The second-order valence-corrected chi connectivity index (χ2v) is 9.36. The Morgan fingerprint density at radius 1 is 1.20 bits per heavy atom. The maximum absolute atomic E-state index is 6.18. The summed E-state index contributed by atoms with van der Waals surface area (Å²) in [4.78, 5) is 12.4. The van der Waals surface area contributed by atoms with Crippen LogP contribution < -0.4 is 15.5 Å². The van der Waals surface area contributed by atoms with Crippen molar-refractivity contribution >= 4 is 23.2 Å². The van der Waals surface area contributed by atoms with Crippen LogP contribution in [-0.4, -0.2) is 87.2 Å². The van der Waals surface area contributed by atoms with Gasteiger partial charge in [0, 0.05) is 68.6 Å². The van der Waals surface area contributed by atoms with E-state index in [2.05, 4.69) is 59.2 Å². The van der Waals surface area contributed by atoms with Crippen LogP contribution in [-0.2, 0) is 0 Å². The Kier molecular flexibility index (Phi) is 8.66. The first-order chi connectivity index (χ1) is 14.5. The molecule has 2 atom stereocenters. The minimum Gasteiger partial charge on any atom is -0.369 e. The van der Waals surface area contributed by atoms with E-state index < -0.39 is 0 Å². The van der Waals surface area contributed by atoms with Crippen molar-refractivity contribution in [3.8, 4) is 0 Å². The summed E-state index contributed by atoms with van der Waals surface area (Å²) in [5.74, 6) is 1.53. The number of likely N-dealkylation sites (N-methyl/N-ethyl adjacent to an activating group) is 1. The Morgan fingerprint density at radius 2 is 1.97 bits per heavy atom. The maximum atomic E-state index is 6.18. The highest BCUT2D eigenvalue weighted by Gasteiger charge is 2.26. The van der Waals surface area contributed by atoms with Crippen LogP contribution in [0.3, 0.4) is 0 Å². The number of hydrogen-bond acceptors (Lipinski definition) is 4. The predicted molar refractivity (Wildman–Crippen MR) is 129 cm³/mol. The third-order valence-corrected chi connectivity index (χ3v) is 6.49. The van der Waals surface area contributed by atoms with Crippen LogP contribution in [0, 0.1) is 5.92 Å². The van der Waals surface area contributed by atoms with Gasteiger partial charge in [0.1, 0.15) is 0 Å². The Bertz CT molecular complexity index is 686. The highest BCUT2D eigenvalue weighted by atomic mass is 35.5. The number of rotatable bonds is 7. The molecule has 3 rings (SSSR count). The summed E-state index contributed by atoms with van der Waals surface area (Å²) in [6.45, 7) is 15.0. The maximum Gasteiger partial charge on any atom is 0.191 e. The molecule has 30 heavy (non-hydrogen) atoms. The van der Waals surface area contributed by atoms with Crippen molar-refractivity contribution in [3.63, 3.8) is 0 Å². The minimum atomic E-state index is 0.392. The standard InChI is InChI=1S/C23H39ClN6/c1-5-25-23(26-16-22(18(2)3)29-13-11-28(4)12-14-29)27-20-9-10-30(17-20)21-8-6-7-19(24)15-21/h6-8,15,18,20,22H,5,9-14,16-17H2,1-4H3,(H2,25,26,27). The average molecular weight is 435 g/mol. The van der Waals surface area contributed by atoms with Crippen molar-refractivity contribution in [1.29, 1.82) is 0 Å². The first-order valence-electron chi connectivity index (χ1n) is 11.4. The lowest BCUT2D eigenvalue weighted by Crippen LogP contribution is -2.52. The van der Waals surface area contributed by atoms with Crippen molar-refractivity contribution in [3.05, 3.63) is 29.3 Å². The van der Waals surface area contributed by atoms with E-state index in [4.69, 9.17) is 16.6 Å². The van der Waals surface area contributed by atoms with Crippen LogP contribution in [0.4, 0.5) is 5.69 Å². The average Bonchev–Trinajstić information content (AvgIpc) is 3.18. The second kappa shape index (κ2) is 11.2. The lowest BCUT2D eigenvalue weighted by atomic mass is 10.0. The predicted octanol–water partition coefficient (Wildman–Crippen LogP) is 2.75. The molecule has 0 saturated carbocycles. The molecule has 2 saturated heterocycles. The van der Waals surface area contributed by atoms with Gasteiger partial charge >= 0.3 is 0 Å². The molecule has 0 radical (unpaired) electrons. The molecule has 2 N–H and O–H groups in total. The lowest BCUT2D eigenvalue weighted by molar-refractivity contribution is 0.0925. The number of hydrogen-bond donors (Lipinski definition) is 2. The summed E-state index contributed by atoms with van der Waals surface area (Å²) in [5, 5.41) is 7.92. The molecular weight excluding hydrogens is 396 g/mol. The van der Waals surface area contributed by atoms with Gasteiger partial charge in [0.25, 0.3) is 0 Å². The molecule has 2 heterocycles. The number of benzene rings is 1. The van der Waals surface area contributed by atoms with Gasteiger partial charge in [-0.25, -0.2) is 0 Å². The monoisotopic (exact) mass is 434 g/mol. The normalized spacial score (nSPS) is 22.5. The van der Waals surface area contributed by atoms with E-state index in [9.17, 15) is 0 Å². The summed E-state index contributed by atoms with van der Waals surface area (Å²) in [6.07, 6.45) is 1.10. The molecule has 2 fully saturated rings. The van der Waals surface area contributed by atoms with Crippen molar-refractivity contribution in [2.75, 3.05) is 64.3 Å². The zero-order chi connectivity index (χ0) is 21.5. The number of nitrogens with one attached hydrogen (secondary N) is 2. The summed E-state index contributed by atoms with van der Waals surface area (Å²) in [7, 11) is 2.21. The van der Waals surface area contributed by atoms with Crippen LogP contribution in [0.1, 0.15) is 27.2 Å². The lowest BCUT2D eigenvalue weighted by Gasteiger charge is -2.39. The molecule has 0 spiro atoms. The zero-order valence-corrected chi connectivity index (χ0v) is 19.8. The van der Waals surface area contributed by atoms with Crippen molar-refractivity contribution < 1.29 is 0 Å². The zero-order valence-electron chi connectivity index (χ0n) is 19.1. The SMILES string of the molecule is CCNC(=NCC(C(C)C)N1CCN(C)CC1)NC1CCN(c2cccc(Cl)c2)C1. The van der Waals surface area contributed by atoms with E-state index in [1.165, 1.54) is 5.69 Å². The van der Waals surface area contributed by atoms with Crippen LogP contribution in [0.5, 0.6) is 0 Å². The molecule has 2 unspecified atom stereocenters. The molecule has 168 valence electrons. The topological polar surface area (TPSA) is 46.1 Å². The van der Waals surface area contributed by atoms with Gasteiger partial charge in [0.2, 0.25) is 0 Å². The molecular formula is C23H39ClN6. The molecule has 2 aliphatic rings. The van der Waals surface area contributed by atoms with Gasteiger partial charge in [0.05, 0.1) is 6.54 Å². The first-order valence-corrected chi connectivity index (χ1v) is 11.8. The molecule has 0 bridgehead atoms. The Balaban J connectivity index is 1.58. The fraction of sp³-hybridized carbons (Fsp3) is 0.696. The molecule has 7 heteroatoms. The van der Waals surface area contributed by atoms with Crippen molar-refractivity contribution in [2.24, 2.45) is 10.9 Å². The molecule has 1 aromatic rings. The van der Waals surface area contributed by atoms with Crippen molar-refractivity contribution in [1.82, 2.24) is 20.4 Å². The number of nitrogens with zero attached hydrogens (tertiary/aromatic N) is 4. The Morgan fingerprint density at radius 3 is 2.63 bits per heavy atom. The number of anilines is 1. The number of aliphatic imine (C=N–C) groups is 1. The molecule has 6 nitrogen and oxygen atoms in total.